The molecule has 196 valence electrons. The summed E-state index contributed by atoms with van der Waals surface area (Å²) in [6, 6.07) is 61.7. The second-order valence-electron chi connectivity index (χ2n) is 10.9. The summed E-state index contributed by atoms with van der Waals surface area (Å²) in [5.74, 6) is 0. The van der Waals surface area contributed by atoms with Gasteiger partial charge in [0.25, 0.3) is 0 Å². The zero-order valence-electron chi connectivity index (χ0n) is 23.2. The lowest BCUT2D eigenvalue weighted by molar-refractivity contribution is 1.60. The van der Waals surface area contributed by atoms with Gasteiger partial charge in [0.15, 0.2) is 0 Å². The third-order valence-electron chi connectivity index (χ3n) is 8.45. The lowest BCUT2D eigenvalue weighted by Gasteiger charge is -2.20. The average molecular weight is 533 g/mol. The van der Waals surface area contributed by atoms with Gasteiger partial charge < -0.3 is 0 Å². The number of hydrogen-bond acceptors (Lipinski definition) is 0. The van der Waals surface area contributed by atoms with Crippen molar-refractivity contribution >= 4 is 32.3 Å². The Labute approximate surface area is 246 Å². The zero-order chi connectivity index (χ0) is 27.9. The molecule has 0 heteroatoms. The Morgan fingerprint density at radius 2 is 0.738 bits per heavy atom. The van der Waals surface area contributed by atoms with Crippen LogP contribution in [0.2, 0.25) is 0 Å². The Morgan fingerprint density at radius 1 is 0.262 bits per heavy atom. The molecule has 0 amide bonds. The van der Waals surface area contributed by atoms with Crippen molar-refractivity contribution in [2.45, 2.75) is 0 Å². The Hall–Kier alpha value is -5.46. The van der Waals surface area contributed by atoms with Crippen LogP contribution in [0.15, 0.2) is 170 Å². The Bertz CT molecular complexity index is 2220. The maximum absolute atomic E-state index is 2.42. The van der Waals surface area contributed by atoms with Gasteiger partial charge in [-0.25, -0.2) is 0 Å². The van der Waals surface area contributed by atoms with Crippen molar-refractivity contribution in [3.05, 3.63) is 170 Å². The molecule has 0 atom stereocenters. The first-order chi connectivity index (χ1) is 20.9. The summed E-state index contributed by atoms with van der Waals surface area (Å²) in [4.78, 5) is 0. The minimum Gasteiger partial charge on any atom is -0.0622 e. The van der Waals surface area contributed by atoms with Gasteiger partial charge in [0.05, 0.1) is 0 Å². The molecule has 0 unspecified atom stereocenters. The second kappa shape index (κ2) is 10.2. The molecule has 0 radical (unpaired) electrons. The van der Waals surface area contributed by atoms with Crippen molar-refractivity contribution in [1.82, 2.24) is 0 Å². The summed E-state index contributed by atoms with van der Waals surface area (Å²) in [7, 11) is 0. The van der Waals surface area contributed by atoms with Crippen molar-refractivity contribution in [3.8, 4) is 44.5 Å². The topological polar surface area (TPSA) is 0 Å². The lowest BCUT2D eigenvalue weighted by Crippen LogP contribution is -1.93. The van der Waals surface area contributed by atoms with Crippen LogP contribution in [0.5, 0.6) is 0 Å². The molecule has 8 aromatic carbocycles. The van der Waals surface area contributed by atoms with E-state index in [0.717, 1.165) is 0 Å². The molecule has 8 rings (SSSR count). The molecular formula is C42H28. The molecule has 0 saturated heterocycles. The fraction of sp³-hybridized carbons (Fsp3) is 0. The number of rotatable bonds is 4. The van der Waals surface area contributed by atoms with Gasteiger partial charge in [-0.15, -0.1) is 0 Å². The number of hydrogen-bond donors (Lipinski definition) is 0. The summed E-state index contributed by atoms with van der Waals surface area (Å²) < 4.78 is 0. The minimum atomic E-state index is 1.23. The van der Waals surface area contributed by atoms with Gasteiger partial charge in [0, 0.05) is 0 Å². The SMILES string of the molecule is c1ccc(-c2ccccc2-c2cc3cc4ccccc4c(-c4ccccc4-c4ccccc4)c3c3ccccc23)cc1. The third-order valence-corrected chi connectivity index (χ3v) is 8.45. The fourth-order valence-corrected chi connectivity index (χ4v) is 6.60. The minimum absolute atomic E-state index is 1.23. The summed E-state index contributed by atoms with van der Waals surface area (Å²) in [6.45, 7) is 0. The first kappa shape index (κ1) is 24.3. The smallest absolute Gasteiger partial charge is 0.00143 e. The second-order valence-corrected chi connectivity index (χ2v) is 10.9. The van der Waals surface area contributed by atoms with E-state index >= 15 is 0 Å². The molecule has 0 fully saturated rings. The van der Waals surface area contributed by atoms with Crippen LogP contribution in [0.4, 0.5) is 0 Å². The number of fused-ring (bicyclic) bond motifs is 4. The van der Waals surface area contributed by atoms with Crippen molar-refractivity contribution in [2.75, 3.05) is 0 Å². The van der Waals surface area contributed by atoms with Crippen LogP contribution >= 0.6 is 0 Å². The highest BCUT2D eigenvalue weighted by molar-refractivity contribution is 6.25. The van der Waals surface area contributed by atoms with E-state index in [1.54, 1.807) is 0 Å². The van der Waals surface area contributed by atoms with Crippen LogP contribution in [0.1, 0.15) is 0 Å². The van der Waals surface area contributed by atoms with Gasteiger partial charge in [-0.2, -0.15) is 0 Å². The molecule has 0 saturated carbocycles. The summed E-state index contributed by atoms with van der Waals surface area (Å²) in [5, 5.41) is 7.62. The van der Waals surface area contributed by atoms with E-state index in [0.29, 0.717) is 0 Å². The van der Waals surface area contributed by atoms with E-state index in [-0.39, 0.29) is 0 Å². The maximum Gasteiger partial charge on any atom is -0.00143 e. The molecule has 0 aliphatic heterocycles. The highest BCUT2D eigenvalue weighted by Gasteiger charge is 2.19. The van der Waals surface area contributed by atoms with Gasteiger partial charge in [-0.3, -0.25) is 0 Å². The molecule has 0 aliphatic carbocycles. The predicted octanol–water partition coefficient (Wildman–Crippen LogP) is 11.8. The van der Waals surface area contributed by atoms with E-state index < -0.39 is 0 Å². The normalized spacial score (nSPS) is 11.3. The monoisotopic (exact) mass is 532 g/mol. The van der Waals surface area contributed by atoms with Crippen LogP contribution in [0, 0.1) is 0 Å². The van der Waals surface area contributed by atoms with Gasteiger partial charge in [0.1, 0.15) is 0 Å². The van der Waals surface area contributed by atoms with E-state index in [9.17, 15) is 0 Å². The van der Waals surface area contributed by atoms with Crippen molar-refractivity contribution in [1.29, 1.82) is 0 Å². The van der Waals surface area contributed by atoms with Crippen LogP contribution in [0.3, 0.4) is 0 Å². The average Bonchev–Trinajstić information content (AvgIpc) is 3.08. The lowest BCUT2D eigenvalue weighted by atomic mass is 9.83. The van der Waals surface area contributed by atoms with E-state index in [1.165, 1.54) is 76.8 Å². The van der Waals surface area contributed by atoms with E-state index in [2.05, 4.69) is 170 Å². The Balaban J connectivity index is 1.52. The molecule has 0 bridgehead atoms. The molecule has 0 N–H and O–H groups in total. The van der Waals surface area contributed by atoms with Crippen molar-refractivity contribution < 1.29 is 0 Å². The molecule has 0 aromatic heterocycles. The van der Waals surface area contributed by atoms with Gasteiger partial charge in [0.2, 0.25) is 0 Å². The standard InChI is InChI=1S/C42H28/c1-3-15-29(16-4-1)33-20-9-11-23-36(33)40-28-32-27-31-19-7-8-22-35(31)42(41(32)39-26-14-12-24-37(39)40)38-25-13-10-21-34(38)30-17-5-2-6-18-30/h1-28H. The molecule has 8 aromatic rings. The Morgan fingerprint density at radius 3 is 1.40 bits per heavy atom. The van der Waals surface area contributed by atoms with Crippen LogP contribution < -0.4 is 0 Å². The molecule has 0 spiro atoms. The fourth-order valence-electron chi connectivity index (χ4n) is 6.60. The highest BCUT2D eigenvalue weighted by atomic mass is 14.2. The van der Waals surface area contributed by atoms with E-state index in [4.69, 9.17) is 0 Å². The zero-order valence-corrected chi connectivity index (χ0v) is 23.2. The number of benzene rings is 8. The van der Waals surface area contributed by atoms with Crippen LogP contribution in [-0.4, -0.2) is 0 Å². The summed E-state index contributed by atoms with van der Waals surface area (Å²) >= 11 is 0. The van der Waals surface area contributed by atoms with Crippen LogP contribution in [0.25, 0.3) is 76.8 Å². The maximum atomic E-state index is 2.42. The molecule has 0 heterocycles. The Kier molecular flexibility index (Phi) is 5.90. The van der Waals surface area contributed by atoms with Crippen molar-refractivity contribution in [3.63, 3.8) is 0 Å². The van der Waals surface area contributed by atoms with Crippen molar-refractivity contribution in [2.24, 2.45) is 0 Å². The van der Waals surface area contributed by atoms with Gasteiger partial charge >= 0.3 is 0 Å². The summed E-state index contributed by atoms with van der Waals surface area (Å²) in [6.07, 6.45) is 0. The van der Waals surface area contributed by atoms with E-state index in [1.807, 2.05) is 0 Å². The molecule has 0 nitrogen and oxygen atoms in total. The molecule has 42 heavy (non-hydrogen) atoms. The molecular weight excluding hydrogens is 504 g/mol. The van der Waals surface area contributed by atoms with Crippen LogP contribution in [-0.2, 0) is 0 Å². The third kappa shape index (κ3) is 4.00. The first-order valence-electron chi connectivity index (χ1n) is 14.5. The quantitative estimate of drug-likeness (QED) is 0.156. The summed E-state index contributed by atoms with van der Waals surface area (Å²) in [5.41, 5.74) is 10.0. The predicted molar refractivity (Wildman–Crippen MR) is 181 cm³/mol. The first-order valence-corrected chi connectivity index (χ1v) is 14.5. The van der Waals surface area contributed by atoms with Gasteiger partial charge in [-0.05, 0) is 89.0 Å². The van der Waals surface area contributed by atoms with Gasteiger partial charge in [-0.1, -0.05) is 158 Å². The largest absolute Gasteiger partial charge is 0.0622 e. The molecule has 0 aliphatic rings. The highest BCUT2D eigenvalue weighted by Crippen LogP contribution is 2.46.